The number of hydrogen-bond acceptors (Lipinski definition) is 5. The molecule has 1 aliphatic rings. The average Bonchev–Trinajstić information content (AvgIpc) is 2.93. The largest absolute Gasteiger partial charge is 0.482 e. The van der Waals surface area contributed by atoms with E-state index in [1.807, 2.05) is 12.1 Å². The van der Waals surface area contributed by atoms with Crippen molar-refractivity contribution in [3.8, 4) is 5.75 Å². The first-order chi connectivity index (χ1) is 9.72. The van der Waals surface area contributed by atoms with Gasteiger partial charge < -0.3 is 25.5 Å². The Bertz CT molecular complexity index is 623. The number of furan rings is 1. The number of nitrogens with one attached hydrogen (secondary N) is 2. The maximum absolute atomic E-state index is 11.3. The summed E-state index contributed by atoms with van der Waals surface area (Å²) in [7, 11) is 0. The van der Waals surface area contributed by atoms with Gasteiger partial charge in [0.15, 0.2) is 6.61 Å². The van der Waals surface area contributed by atoms with Crippen molar-refractivity contribution in [1.82, 2.24) is 0 Å². The van der Waals surface area contributed by atoms with Crippen LogP contribution in [0.5, 0.6) is 5.75 Å². The fourth-order valence-electron chi connectivity index (χ4n) is 2.07. The van der Waals surface area contributed by atoms with Crippen LogP contribution in [0, 0.1) is 0 Å². The van der Waals surface area contributed by atoms with E-state index in [1.54, 1.807) is 18.4 Å². The van der Waals surface area contributed by atoms with E-state index in [9.17, 15) is 4.79 Å². The van der Waals surface area contributed by atoms with Gasteiger partial charge >= 0.3 is 0 Å². The second-order valence-corrected chi connectivity index (χ2v) is 4.53. The standard InChI is InChI=1S/C14H15N3O3/c15-10-6-13-12(17-14(18)8-20-13)7-11(10)16-4-3-9-2-1-5-19-9/h1-2,5-7,16H,3-4,8,15H2,(H,17,18). The van der Waals surface area contributed by atoms with Crippen molar-refractivity contribution in [2.75, 3.05) is 29.5 Å². The third kappa shape index (κ3) is 2.54. The van der Waals surface area contributed by atoms with Crippen molar-refractivity contribution in [3.63, 3.8) is 0 Å². The second kappa shape index (κ2) is 5.16. The van der Waals surface area contributed by atoms with Crippen LogP contribution in [-0.4, -0.2) is 19.1 Å². The molecule has 0 fully saturated rings. The van der Waals surface area contributed by atoms with Crippen LogP contribution in [-0.2, 0) is 11.2 Å². The van der Waals surface area contributed by atoms with E-state index < -0.39 is 0 Å². The summed E-state index contributed by atoms with van der Waals surface area (Å²) in [6.07, 6.45) is 2.40. The number of rotatable bonds is 4. The fourth-order valence-corrected chi connectivity index (χ4v) is 2.07. The highest BCUT2D eigenvalue weighted by Gasteiger charge is 2.17. The first-order valence-corrected chi connectivity index (χ1v) is 6.35. The molecular formula is C14H15N3O3. The highest BCUT2D eigenvalue weighted by atomic mass is 16.5. The van der Waals surface area contributed by atoms with E-state index >= 15 is 0 Å². The number of amides is 1. The van der Waals surface area contributed by atoms with E-state index in [2.05, 4.69) is 10.6 Å². The molecular weight excluding hydrogens is 258 g/mol. The van der Waals surface area contributed by atoms with Gasteiger partial charge in [-0.05, 0) is 18.2 Å². The monoisotopic (exact) mass is 273 g/mol. The predicted octanol–water partition coefficient (Wildman–Crippen LogP) is 1.85. The molecule has 1 aliphatic heterocycles. The highest BCUT2D eigenvalue weighted by Crippen LogP contribution is 2.35. The van der Waals surface area contributed by atoms with Gasteiger partial charge in [-0.15, -0.1) is 0 Å². The van der Waals surface area contributed by atoms with Gasteiger partial charge in [0.25, 0.3) is 5.91 Å². The summed E-state index contributed by atoms with van der Waals surface area (Å²) in [6, 6.07) is 7.27. The SMILES string of the molecule is Nc1cc2c(cc1NCCc1ccco1)NC(=O)CO2. The Morgan fingerprint density at radius 3 is 3.10 bits per heavy atom. The van der Waals surface area contributed by atoms with E-state index in [0.29, 0.717) is 23.7 Å². The van der Waals surface area contributed by atoms with Crippen molar-refractivity contribution >= 4 is 23.0 Å². The second-order valence-electron chi connectivity index (χ2n) is 4.53. The van der Waals surface area contributed by atoms with Gasteiger partial charge in [-0.2, -0.15) is 0 Å². The molecule has 2 heterocycles. The minimum absolute atomic E-state index is 0.0255. The highest BCUT2D eigenvalue weighted by molar-refractivity contribution is 5.97. The summed E-state index contributed by atoms with van der Waals surface area (Å²) >= 11 is 0. The molecule has 1 aromatic heterocycles. The zero-order chi connectivity index (χ0) is 13.9. The van der Waals surface area contributed by atoms with Crippen molar-refractivity contribution in [2.24, 2.45) is 0 Å². The number of carbonyl (C=O) groups is 1. The number of anilines is 3. The molecule has 104 valence electrons. The molecule has 6 heteroatoms. The molecule has 6 nitrogen and oxygen atoms in total. The van der Waals surface area contributed by atoms with Crippen LogP contribution in [0.4, 0.5) is 17.1 Å². The molecule has 2 aromatic rings. The van der Waals surface area contributed by atoms with Crippen molar-refractivity contribution < 1.29 is 13.9 Å². The maximum Gasteiger partial charge on any atom is 0.262 e. The molecule has 20 heavy (non-hydrogen) atoms. The number of fused-ring (bicyclic) bond motifs is 1. The number of nitrogen functional groups attached to an aromatic ring is 1. The number of nitrogens with two attached hydrogens (primary N) is 1. The molecule has 4 N–H and O–H groups in total. The minimum atomic E-state index is -0.163. The summed E-state index contributed by atoms with van der Waals surface area (Å²) in [5.74, 6) is 1.34. The summed E-state index contributed by atoms with van der Waals surface area (Å²) in [5, 5.41) is 5.98. The molecule has 1 aromatic carbocycles. The van der Waals surface area contributed by atoms with Gasteiger partial charge in [-0.3, -0.25) is 4.79 Å². The summed E-state index contributed by atoms with van der Waals surface area (Å²) in [6.45, 7) is 0.711. The molecule has 3 rings (SSSR count). The van der Waals surface area contributed by atoms with Crippen LogP contribution in [0.2, 0.25) is 0 Å². The molecule has 1 amide bonds. The zero-order valence-corrected chi connectivity index (χ0v) is 10.8. The third-order valence-corrected chi connectivity index (χ3v) is 3.05. The Balaban J connectivity index is 1.69. The Morgan fingerprint density at radius 2 is 2.30 bits per heavy atom. The van der Waals surface area contributed by atoms with E-state index in [-0.39, 0.29) is 12.5 Å². The summed E-state index contributed by atoms with van der Waals surface area (Å²) < 4.78 is 10.6. The molecule has 0 bridgehead atoms. The van der Waals surface area contributed by atoms with Crippen molar-refractivity contribution in [1.29, 1.82) is 0 Å². The lowest BCUT2D eigenvalue weighted by molar-refractivity contribution is -0.118. The minimum Gasteiger partial charge on any atom is -0.482 e. The molecule has 0 saturated heterocycles. The zero-order valence-electron chi connectivity index (χ0n) is 10.8. The maximum atomic E-state index is 11.3. The van der Waals surface area contributed by atoms with Gasteiger partial charge in [-0.25, -0.2) is 0 Å². The Labute approximate surface area is 115 Å². The first-order valence-electron chi connectivity index (χ1n) is 6.35. The Hall–Kier alpha value is -2.63. The summed E-state index contributed by atoms with van der Waals surface area (Å²) in [4.78, 5) is 11.3. The molecule has 0 aliphatic carbocycles. The van der Waals surface area contributed by atoms with Crippen LogP contribution >= 0.6 is 0 Å². The van der Waals surface area contributed by atoms with Crippen LogP contribution < -0.4 is 21.1 Å². The van der Waals surface area contributed by atoms with Crippen LogP contribution in [0.1, 0.15) is 5.76 Å². The van der Waals surface area contributed by atoms with Crippen LogP contribution in [0.25, 0.3) is 0 Å². The predicted molar refractivity (Wildman–Crippen MR) is 75.9 cm³/mol. The lowest BCUT2D eigenvalue weighted by Crippen LogP contribution is -2.25. The average molecular weight is 273 g/mol. The van der Waals surface area contributed by atoms with Gasteiger partial charge in [0, 0.05) is 19.0 Å². The van der Waals surface area contributed by atoms with Gasteiger partial charge in [-0.1, -0.05) is 0 Å². The van der Waals surface area contributed by atoms with E-state index in [4.69, 9.17) is 14.9 Å². The van der Waals surface area contributed by atoms with E-state index in [0.717, 1.165) is 17.9 Å². The fraction of sp³-hybridized carbons (Fsp3) is 0.214. The van der Waals surface area contributed by atoms with Gasteiger partial charge in [0.1, 0.15) is 11.5 Å². The third-order valence-electron chi connectivity index (χ3n) is 3.05. The summed E-state index contributed by atoms with van der Waals surface area (Å²) in [5.41, 5.74) is 7.94. The molecule has 0 unspecified atom stereocenters. The molecule has 0 radical (unpaired) electrons. The normalized spacial score (nSPS) is 13.3. The smallest absolute Gasteiger partial charge is 0.262 e. The van der Waals surface area contributed by atoms with Crippen molar-refractivity contribution in [3.05, 3.63) is 36.3 Å². The van der Waals surface area contributed by atoms with Crippen LogP contribution in [0.3, 0.4) is 0 Å². The van der Waals surface area contributed by atoms with Gasteiger partial charge in [0.2, 0.25) is 0 Å². The quantitative estimate of drug-likeness (QED) is 0.740. The van der Waals surface area contributed by atoms with Crippen LogP contribution in [0.15, 0.2) is 34.9 Å². The Morgan fingerprint density at radius 1 is 1.40 bits per heavy atom. The number of ether oxygens (including phenoxy) is 1. The number of carbonyl (C=O) groups excluding carboxylic acids is 1. The first kappa shape index (κ1) is 12.4. The van der Waals surface area contributed by atoms with Gasteiger partial charge in [0.05, 0.1) is 23.3 Å². The Kier molecular flexibility index (Phi) is 3.20. The molecule has 0 atom stereocenters. The number of benzene rings is 1. The topological polar surface area (TPSA) is 89.5 Å². The molecule has 0 spiro atoms. The molecule has 0 saturated carbocycles. The lowest BCUT2D eigenvalue weighted by Gasteiger charge is -2.20. The number of hydrogen-bond donors (Lipinski definition) is 3. The van der Waals surface area contributed by atoms with E-state index in [1.165, 1.54) is 0 Å². The van der Waals surface area contributed by atoms with Crippen molar-refractivity contribution in [2.45, 2.75) is 6.42 Å². The lowest BCUT2D eigenvalue weighted by atomic mass is 10.2.